The summed E-state index contributed by atoms with van der Waals surface area (Å²) in [7, 11) is 0. The van der Waals surface area contributed by atoms with Gasteiger partial charge in [-0.3, -0.25) is 9.59 Å². The lowest BCUT2D eigenvalue weighted by Gasteiger charge is -2.10. The van der Waals surface area contributed by atoms with Crippen LogP contribution in [0.3, 0.4) is 0 Å². The monoisotopic (exact) mass is 310 g/mol. The molecule has 0 atom stereocenters. The first-order valence-corrected chi connectivity index (χ1v) is 6.23. The third-order valence-corrected chi connectivity index (χ3v) is 2.12. The van der Waals surface area contributed by atoms with Crippen molar-refractivity contribution in [3.63, 3.8) is 0 Å². The minimum Gasteiger partial charge on any atom is -0.434 e. The molecule has 8 heteroatoms. The average molecular weight is 310 g/mol. The smallest absolute Gasteiger partial charge is 0.434 e. The molecule has 0 fully saturated rings. The van der Waals surface area contributed by atoms with Gasteiger partial charge in [-0.2, -0.15) is 0 Å². The second kappa shape index (κ2) is 7.77. The number of ether oxygens (including phenoxy) is 4. The molecule has 0 amide bonds. The summed E-state index contributed by atoms with van der Waals surface area (Å²) in [6, 6.07) is 3.67. The summed E-state index contributed by atoms with van der Waals surface area (Å²) in [5.74, 6) is -2.50. The molecule has 0 spiro atoms. The van der Waals surface area contributed by atoms with Gasteiger partial charge in [-0.1, -0.05) is 0 Å². The first-order valence-electron chi connectivity index (χ1n) is 6.23. The summed E-state index contributed by atoms with van der Waals surface area (Å²) >= 11 is 0. The fourth-order valence-corrected chi connectivity index (χ4v) is 1.42. The zero-order chi connectivity index (χ0) is 16.7. The van der Waals surface area contributed by atoms with Crippen LogP contribution < -0.4 is 9.47 Å². The van der Waals surface area contributed by atoms with Crippen LogP contribution in [-0.2, 0) is 19.1 Å². The van der Waals surface area contributed by atoms with Gasteiger partial charge in [0.15, 0.2) is 0 Å². The van der Waals surface area contributed by atoms with Crippen LogP contribution in [0.25, 0.3) is 0 Å². The lowest BCUT2D eigenvalue weighted by atomic mass is 10.2. The van der Waals surface area contributed by atoms with Crippen LogP contribution >= 0.6 is 0 Å². The van der Waals surface area contributed by atoms with E-state index in [4.69, 9.17) is 9.47 Å². The Kier molecular flexibility index (Phi) is 6.06. The number of rotatable bonds is 4. The Labute approximate surface area is 125 Å². The molecule has 22 heavy (non-hydrogen) atoms. The molecule has 118 valence electrons. The fourth-order valence-electron chi connectivity index (χ4n) is 1.42. The lowest BCUT2D eigenvalue weighted by molar-refractivity contribution is -0.133. The van der Waals surface area contributed by atoms with Gasteiger partial charge in [0.1, 0.15) is 17.1 Å². The molecule has 0 unspecified atom stereocenters. The molecule has 0 heterocycles. The highest BCUT2D eigenvalue weighted by Crippen LogP contribution is 2.25. The molecular weight excluding hydrogens is 296 g/mol. The molecule has 0 aliphatic carbocycles. The van der Waals surface area contributed by atoms with E-state index in [-0.39, 0.29) is 23.7 Å². The van der Waals surface area contributed by atoms with E-state index in [1.807, 2.05) is 0 Å². The van der Waals surface area contributed by atoms with E-state index in [1.165, 1.54) is 26.0 Å². The highest BCUT2D eigenvalue weighted by Gasteiger charge is 2.21. The SMILES string of the molecule is CCOC(=O)OC(=O)c1cc(OC(C)=O)ccc1OC(C)=O. The molecule has 1 rings (SSSR count). The molecule has 1 aromatic carbocycles. The van der Waals surface area contributed by atoms with E-state index in [2.05, 4.69) is 9.47 Å². The zero-order valence-corrected chi connectivity index (χ0v) is 12.2. The summed E-state index contributed by atoms with van der Waals surface area (Å²) in [4.78, 5) is 45.0. The van der Waals surface area contributed by atoms with Crippen LogP contribution in [0.2, 0.25) is 0 Å². The Bertz CT molecular complexity index is 605. The maximum atomic E-state index is 11.9. The summed E-state index contributed by atoms with van der Waals surface area (Å²) in [5, 5.41) is 0. The average Bonchev–Trinajstić information content (AvgIpc) is 2.39. The number of hydrogen-bond acceptors (Lipinski definition) is 8. The second-order valence-corrected chi connectivity index (χ2v) is 3.92. The molecule has 0 aliphatic rings. The van der Waals surface area contributed by atoms with Crippen molar-refractivity contribution in [3.05, 3.63) is 23.8 Å². The van der Waals surface area contributed by atoms with Crippen LogP contribution in [0.15, 0.2) is 18.2 Å². The maximum absolute atomic E-state index is 11.9. The molecule has 0 aliphatic heterocycles. The summed E-state index contributed by atoms with van der Waals surface area (Å²) in [6.45, 7) is 3.88. The van der Waals surface area contributed by atoms with E-state index < -0.39 is 24.1 Å². The van der Waals surface area contributed by atoms with Crippen molar-refractivity contribution in [2.45, 2.75) is 20.8 Å². The van der Waals surface area contributed by atoms with Gasteiger partial charge in [0.2, 0.25) is 0 Å². The van der Waals surface area contributed by atoms with Crippen molar-refractivity contribution in [1.29, 1.82) is 0 Å². The van der Waals surface area contributed by atoms with Crippen molar-refractivity contribution in [2.24, 2.45) is 0 Å². The normalized spacial score (nSPS) is 9.59. The first kappa shape index (κ1) is 17.2. The summed E-state index contributed by atoms with van der Waals surface area (Å²) < 4.78 is 18.6. The quantitative estimate of drug-likeness (QED) is 0.471. The predicted molar refractivity (Wildman–Crippen MR) is 71.5 cm³/mol. The van der Waals surface area contributed by atoms with Crippen LogP contribution in [0.1, 0.15) is 31.1 Å². The Morgan fingerprint density at radius 1 is 1.00 bits per heavy atom. The minimum absolute atomic E-state index is 0.0242. The van der Waals surface area contributed by atoms with Crippen LogP contribution in [0, 0.1) is 0 Å². The molecule has 8 nitrogen and oxygen atoms in total. The van der Waals surface area contributed by atoms with Gasteiger partial charge in [0, 0.05) is 13.8 Å². The van der Waals surface area contributed by atoms with E-state index >= 15 is 0 Å². The molecule has 0 bridgehead atoms. The van der Waals surface area contributed by atoms with E-state index in [1.54, 1.807) is 0 Å². The van der Waals surface area contributed by atoms with Gasteiger partial charge >= 0.3 is 24.1 Å². The third-order valence-electron chi connectivity index (χ3n) is 2.12. The zero-order valence-electron chi connectivity index (χ0n) is 12.2. The number of benzene rings is 1. The number of hydrogen-bond donors (Lipinski definition) is 0. The topological polar surface area (TPSA) is 105 Å². The van der Waals surface area contributed by atoms with Gasteiger partial charge in [-0.05, 0) is 25.1 Å². The molecule has 0 saturated carbocycles. The number of carbonyl (C=O) groups is 4. The van der Waals surface area contributed by atoms with Gasteiger partial charge < -0.3 is 18.9 Å². The second-order valence-electron chi connectivity index (χ2n) is 3.92. The van der Waals surface area contributed by atoms with Gasteiger partial charge in [0.05, 0.1) is 6.61 Å². The first-order chi connectivity index (χ1) is 10.3. The molecule has 0 N–H and O–H groups in total. The number of esters is 3. The molecule has 0 radical (unpaired) electrons. The van der Waals surface area contributed by atoms with E-state index in [9.17, 15) is 19.2 Å². The third kappa shape index (κ3) is 5.23. The van der Waals surface area contributed by atoms with Crippen molar-refractivity contribution in [1.82, 2.24) is 0 Å². The van der Waals surface area contributed by atoms with Crippen molar-refractivity contribution >= 4 is 24.1 Å². The molecule has 0 saturated heterocycles. The van der Waals surface area contributed by atoms with E-state index in [0.29, 0.717) is 0 Å². The summed E-state index contributed by atoms with van der Waals surface area (Å²) in [6.07, 6.45) is -1.20. The van der Waals surface area contributed by atoms with Crippen LogP contribution in [-0.4, -0.2) is 30.7 Å². The van der Waals surface area contributed by atoms with Crippen molar-refractivity contribution in [2.75, 3.05) is 6.61 Å². The van der Waals surface area contributed by atoms with Gasteiger partial charge in [0.25, 0.3) is 0 Å². The Morgan fingerprint density at radius 3 is 2.18 bits per heavy atom. The Hall–Kier alpha value is -2.90. The van der Waals surface area contributed by atoms with Crippen LogP contribution in [0.5, 0.6) is 11.5 Å². The largest absolute Gasteiger partial charge is 0.516 e. The Morgan fingerprint density at radius 2 is 1.64 bits per heavy atom. The van der Waals surface area contributed by atoms with Crippen molar-refractivity contribution in [3.8, 4) is 11.5 Å². The van der Waals surface area contributed by atoms with Gasteiger partial charge in [-0.25, -0.2) is 9.59 Å². The lowest BCUT2D eigenvalue weighted by Crippen LogP contribution is -2.16. The Balaban J connectivity index is 3.09. The van der Waals surface area contributed by atoms with Crippen molar-refractivity contribution < 1.29 is 38.1 Å². The molecule has 1 aromatic rings. The van der Waals surface area contributed by atoms with E-state index in [0.717, 1.165) is 13.0 Å². The standard InChI is InChI=1S/C14H14O8/c1-4-19-14(18)22-13(17)11-7-10(20-8(2)15)5-6-12(11)21-9(3)16/h5-7H,4H2,1-3H3. The fraction of sp³-hybridized carbons (Fsp3) is 0.286. The predicted octanol–water partition coefficient (Wildman–Crippen LogP) is 1.85. The highest BCUT2D eigenvalue weighted by molar-refractivity contribution is 5.98. The molecular formula is C14H14O8. The number of carbonyl (C=O) groups excluding carboxylic acids is 4. The van der Waals surface area contributed by atoms with Crippen LogP contribution in [0.4, 0.5) is 4.79 Å². The summed E-state index contributed by atoms with van der Waals surface area (Å²) in [5.41, 5.74) is -0.262. The highest BCUT2D eigenvalue weighted by atomic mass is 16.7. The minimum atomic E-state index is -1.20. The maximum Gasteiger partial charge on any atom is 0.516 e. The van der Waals surface area contributed by atoms with Gasteiger partial charge in [-0.15, -0.1) is 0 Å². The molecule has 0 aromatic heterocycles.